The molecule has 4 aromatic carbocycles. The summed E-state index contributed by atoms with van der Waals surface area (Å²) >= 11 is 9.60. The Hall–Kier alpha value is -5.86. The molecule has 0 fully saturated rings. The molecule has 0 aliphatic rings. The van der Waals surface area contributed by atoms with Crippen molar-refractivity contribution in [2.75, 3.05) is 56.6 Å². The molecule has 62 heavy (non-hydrogen) atoms. The van der Waals surface area contributed by atoms with Crippen LogP contribution in [0.4, 0.5) is 22.4 Å². The normalized spacial score (nSPS) is 9.82. The summed E-state index contributed by atoms with van der Waals surface area (Å²) in [7, 11) is 11.7. The minimum Gasteiger partial charge on any atom is -0.505 e. The summed E-state index contributed by atoms with van der Waals surface area (Å²) in [6.45, 7) is 0. The van der Waals surface area contributed by atoms with Gasteiger partial charge in [0.2, 0.25) is 0 Å². The number of rotatable bonds is 10. The second-order valence-corrected chi connectivity index (χ2v) is 14.5. The molecular weight excluding hydrogens is 881 g/mol. The van der Waals surface area contributed by atoms with E-state index in [0.717, 1.165) is 17.8 Å². The Kier molecular flexibility index (Phi) is 24.4. The van der Waals surface area contributed by atoms with Crippen molar-refractivity contribution in [2.45, 2.75) is 35.5 Å². The van der Waals surface area contributed by atoms with E-state index in [-0.39, 0.29) is 57.6 Å². The molecule has 20 heteroatoms. The number of phenolic OH excluding ortho intramolecular Hbond substituents is 1. The van der Waals surface area contributed by atoms with E-state index in [1.54, 1.807) is 33.1 Å². The Morgan fingerprint density at radius 1 is 0.581 bits per heavy atom. The van der Waals surface area contributed by atoms with E-state index in [0.29, 0.717) is 22.3 Å². The van der Waals surface area contributed by atoms with Gasteiger partial charge in [0, 0.05) is 33.1 Å². The predicted molar refractivity (Wildman–Crippen MR) is 229 cm³/mol. The first-order valence-corrected chi connectivity index (χ1v) is 19.4. The highest BCUT2D eigenvalue weighted by molar-refractivity contribution is 8.13. The van der Waals surface area contributed by atoms with Crippen LogP contribution >= 0.6 is 36.6 Å². The van der Waals surface area contributed by atoms with E-state index in [2.05, 4.69) is 31.6 Å². The molecule has 0 atom stereocenters. The van der Waals surface area contributed by atoms with Gasteiger partial charge in [-0.2, -0.15) is 0 Å². The van der Waals surface area contributed by atoms with Crippen molar-refractivity contribution < 1.29 is 70.3 Å². The van der Waals surface area contributed by atoms with Gasteiger partial charge in [-0.3, -0.25) is 24.0 Å². The number of methoxy groups -OCH3 is 4. The molecule has 0 bridgehead atoms. The Labute approximate surface area is 371 Å². The van der Waals surface area contributed by atoms with Gasteiger partial charge in [0.15, 0.2) is 23.1 Å². The maximum atomic E-state index is 13.5. The average molecular weight is 927 g/mol. The molecule has 4 aromatic rings. The van der Waals surface area contributed by atoms with Crippen molar-refractivity contribution in [2.24, 2.45) is 0 Å². The summed E-state index contributed by atoms with van der Waals surface area (Å²) in [4.78, 5) is 58.7. The number of esters is 4. The number of amides is 1. The lowest BCUT2D eigenvalue weighted by Crippen LogP contribution is -2.25. The Morgan fingerprint density at radius 2 is 0.968 bits per heavy atom. The molecule has 0 spiro atoms. The molecule has 0 saturated carbocycles. The molecule has 0 unspecified atom stereocenters. The number of thiol groups is 1. The van der Waals surface area contributed by atoms with Gasteiger partial charge in [0.25, 0.3) is 10.4 Å². The number of thioether (sulfide) groups is 1. The maximum absolute atomic E-state index is 13.5. The lowest BCUT2D eigenvalue weighted by atomic mass is 10.1. The van der Waals surface area contributed by atoms with E-state index in [4.69, 9.17) is 22.1 Å². The average Bonchev–Trinajstić information content (AvgIpc) is 3.23. The summed E-state index contributed by atoms with van der Waals surface area (Å²) in [5.74, 6) is -4.15. The van der Waals surface area contributed by atoms with Gasteiger partial charge < -0.3 is 38.6 Å². The van der Waals surface area contributed by atoms with Crippen LogP contribution in [-0.2, 0) is 63.8 Å². The second-order valence-electron chi connectivity index (χ2n) is 12.6. The fraction of sp³-hybridized carbons (Fsp3) is 0.286. The number of thiocarbonyl (C=S) groups is 1. The quantitative estimate of drug-likeness (QED) is 0.0412. The molecule has 336 valence electrons. The van der Waals surface area contributed by atoms with Gasteiger partial charge in [-0.05, 0) is 94.8 Å². The fourth-order valence-electron chi connectivity index (χ4n) is 4.13. The predicted octanol–water partition coefficient (Wildman–Crippen LogP) is 7.16. The van der Waals surface area contributed by atoms with Crippen molar-refractivity contribution in [3.8, 4) is 11.5 Å². The molecule has 1 amide bonds. The summed E-state index contributed by atoms with van der Waals surface area (Å²) in [6.07, 6.45) is 0.289. The van der Waals surface area contributed by atoms with Gasteiger partial charge >= 0.3 is 23.9 Å². The van der Waals surface area contributed by atoms with Crippen LogP contribution < -0.4 is 4.74 Å². The highest BCUT2D eigenvalue weighted by Gasteiger charge is 2.14. The van der Waals surface area contributed by atoms with E-state index in [9.17, 15) is 41.5 Å². The van der Waals surface area contributed by atoms with Crippen molar-refractivity contribution in [3.05, 3.63) is 118 Å². The van der Waals surface area contributed by atoms with E-state index >= 15 is 0 Å². The second kappa shape index (κ2) is 27.9. The number of carbonyl (C=O) groups excluding carboxylic acids is 5. The van der Waals surface area contributed by atoms with Crippen LogP contribution in [0.25, 0.3) is 0 Å². The molecule has 0 heterocycles. The van der Waals surface area contributed by atoms with Gasteiger partial charge in [0.1, 0.15) is 11.6 Å². The molecular formula is C42H46F4N2O11S3. The Balaban J connectivity index is 0.000000418. The largest absolute Gasteiger partial charge is 0.505 e. The van der Waals surface area contributed by atoms with E-state index < -0.39 is 46.9 Å². The number of ether oxygens (including phenoxy) is 5. The molecule has 1 N–H and O–H groups in total. The van der Waals surface area contributed by atoms with E-state index in [1.165, 1.54) is 100 Å². The minimum absolute atomic E-state index is 0.00453. The number of hydrogen-bond acceptors (Lipinski definition) is 14. The third-order valence-corrected chi connectivity index (χ3v) is 9.31. The number of nitrogens with zero attached hydrogens (tertiary/aromatic N) is 2. The zero-order valence-electron chi connectivity index (χ0n) is 35.0. The third kappa shape index (κ3) is 20.6. The Morgan fingerprint density at radius 3 is 1.37 bits per heavy atom. The molecule has 0 saturated heterocycles. The number of hydrogen-bond donors (Lipinski definition) is 2. The Bertz CT molecular complexity index is 2030. The highest BCUT2D eigenvalue weighted by Crippen LogP contribution is 2.26. The van der Waals surface area contributed by atoms with Crippen molar-refractivity contribution >= 4 is 70.9 Å². The van der Waals surface area contributed by atoms with Crippen LogP contribution in [0, 0.1) is 23.3 Å². The van der Waals surface area contributed by atoms with Crippen LogP contribution in [0.15, 0.2) is 82.6 Å². The number of carbonyl (C=O) groups is 5. The van der Waals surface area contributed by atoms with Crippen LogP contribution in [0.3, 0.4) is 0 Å². The van der Waals surface area contributed by atoms with Crippen molar-refractivity contribution in [1.82, 2.24) is 9.80 Å². The van der Waals surface area contributed by atoms with E-state index in [1.807, 2.05) is 0 Å². The van der Waals surface area contributed by atoms with Crippen molar-refractivity contribution in [1.29, 1.82) is 0 Å². The van der Waals surface area contributed by atoms with Gasteiger partial charge in [0.05, 0.1) is 59.0 Å². The SMILES string of the molecule is COC(=O)Cc1ccc(F)c(O)c1.COC(=O)Cc1ccc(F)c(OC(=S)N(C)C)c1.COC(=O)Cc1ccc(F)c(S)c1.COC(=O)Cc1ccc(F)c(SC(=O)N(C)C)c1. The molecule has 4 rings (SSSR count). The highest BCUT2D eigenvalue weighted by atomic mass is 32.2. The standard InChI is InChI=1S/2C12H14FNO3S.C9H9FO3.C9H9FO2S/c1-14(2)12(16)18-10-6-8(4-5-9(10)13)7-11(15)17-3;1-14(2)12(18)17-10-6-8(4-5-9(10)13)7-11(15)16-3;1-13-9(12)5-6-2-3-7(10)8(11)4-6;1-12-9(11)5-6-2-3-7(10)8(13)4-6/h2*4-6H,7H2,1-3H3;2-4,11H,5H2,1H3;2-4,13H,5H2,1H3. The van der Waals surface area contributed by atoms with Crippen LogP contribution in [0.2, 0.25) is 0 Å². The first-order chi connectivity index (χ1) is 29.1. The first kappa shape index (κ1) is 54.2. The molecule has 0 aliphatic carbocycles. The van der Waals surface area contributed by atoms with Crippen molar-refractivity contribution in [3.63, 3.8) is 0 Å². The topological polar surface area (TPSA) is 158 Å². The summed E-state index contributed by atoms with van der Waals surface area (Å²) < 4.78 is 75.4. The molecule has 13 nitrogen and oxygen atoms in total. The lowest BCUT2D eigenvalue weighted by molar-refractivity contribution is -0.140. The number of aromatic hydroxyl groups is 1. The molecule has 0 aromatic heterocycles. The number of halogens is 4. The molecule has 0 aliphatic heterocycles. The maximum Gasteiger partial charge on any atom is 0.309 e. The summed E-state index contributed by atoms with van der Waals surface area (Å²) in [5.41, 5.74) is 2.42. The van der Waals surface area contributed by atoms with Gasteiger partial charge in [-0.15, -0.1) is 12.6 Å². The summed E-state index contributed by atoms with van der Waals surface area (Å²) in [5, 5.41) is 8.83. The number of phenols is 1. The minimum atomic E-state index is -0.700. The smallest absolute Gasteiger partial charge is 0.309 e. The number of benzene rings is 4. The van der Waals surface area contributed by atoms with Crippen LogP contribution in [-0.4, -0.2) is 106 Å². The summed E-state index contributed by atoms with van der Waals surface area (Å²) in [6, 6.07) is 16.4. The van der Waals surface area contributed by atoms with Crippen LogP contribution in [0.1, 0.15) is 22.3 Å². The van der Waals surface area contributed by atoms with Gasteiger partial charge in [-0.1, -0.05) is 24.3 Å². The molecule has 0 radical (unpaired) electrons. The zero-order valence-corrected chi connectivity index (χ0v) is 37.5. The third-order valence-electron chi connectivity index (χ3n) is 7.44. The monoisotopic (exact) mass is 926 g/mol. The van der Waals surface area contributed by atoms with Gasteiger partial charge in [-0.25, -0.2) is 17.6 Å². The van der Waals surface area contributed by atoms with Crippen LogP contribution in [0.5, 0.6) is 11.5 Å². The fourth-order valence-corrected chi connectivity index (χ4v) is 5.21. The first-order valence-electron chi connectivity index (χ1n) is 17.7. The lowest BCUT2D eigenvalue weighted by Gasteiger charge is -2.15. The zero-order chi connectivity index (χ0) is 47.1.